The Hall–Kier alpha value is -4.36. The monoisotopic (exact) mass is 477 g/mol. The molecule has 3 aromatic heterocycles. The molecule has 0 spiro atoms. The summed E-state index contributed by atoms with van der Waals surface area (Å²) >= 11 is 1.51. The third kappa shape index (κ3) is 4.29. The highest BCUT2D eigenvalue weighted by Gasteiger charge is 2.12. The summed E-state index contributed by atoms with van der Waals surface area (Å²) in [5.41, 5.74) is 8.91. The number of hydrazone groups is 1. The normalized spacial score (nSPS) is 11.6. The SMILES string of the molecule is Fc1ccc(Cn2c3ccccc3c3cc(/C=N/Nc4nc(-c5ccccc5)cs4)ncc32)cc1. The van der Waals surface area contributed by atoms with Gasteiger partial charge in [0.05, 0.1) is 29.3 Å². The first-order valence-electron chi connectivity index (χ1n) is 11.2. The minimum Gasteiger partial charge on any atom is -0.335 e. The lowest BCUT2D eigenvalue weighted by molar-refractivity contribution is 0.626. The molecule has 6 aromatic rings. The molecule has 7 heteroatoms. The van der Waals surface area contributed by atoms with E-state index >= 15 is 0 Å². The average Bonchev–Trinajstić information content (AvgIpc) is 3.49. The molecule has 0 fully saturated rings. The van der Waals surface area contributed by atoms with Gasteiger partial charge in [-0.05, 0) is 29.8 Å². The molecule has 0 radical (unpaired) electrons. The molecule has 0 bridgehead atoms. The van der Waals surface area contributed by atoms with Crippen LogP contribution in [0.1, 0.15) is 11.3 Å². The predicted molar refractivity (Wildman–Crippen MR) is 142 cm³/mol. The number of nitrogens with zero attached hydrogens (tertiary/aromatic N) is 4. The number of para-hydroxylation sites is 1. The van der Waals surface area contributed by atoms with Gasteiger partial charge in [0.1, 0.15) is 5.82 Å². The van der Waals surface area contributed by atoms with Crippen molar-refractivity contribution in [3.63, 3.8) is 0 Å². The average molecular weight is 478 g/mol. The van der Waals surface area contributed by atoms with Gasteiger partial charge in [0.25, 0.3) is 0 Å². The van der Waals surface area contributed by atoms with E-state index in [4.69, 9.17) is 0 Å². The Kier molecular flexibility index (Phi) is 5.52. The lowest BCUT2D eigenvalue weighted by Crippen LogP contribution is -2.00. The van der Waals surface area contributed by atoms with E-state index in [0.717, 1.165) is 49.5 Å². The van der Waals surface area contributed by atoms with Gasteiger partial charge in [-0.2, -0.15) is 5.10 Å². The first kappa shape index (κ1) is 21.2. The lowest BCUT2D eigenvalue weighted by Gasteiger charge is -2.07. The van der Waals surface area contributed by atoms with Crippen LogP contribution in [-0.2, 0) is 6.54 Å². The molecule has 35 heavy (non-hydrogen) atoms. The fourth-order valence-corrected chi connectivity index (χ4v) is 4.86. The highest BCUT2D eigenvalue weighted by Crippen LogP contribution is 2.30. The molecule has 0 aliphatic carbocycles. The van der Waals surface area contributed by atoms with E-state index in [1.807, 2.05) is 72.2 Å². The van der Waals surface area contributed by atoms with Crippen molar-refractivity contribution >= 4 is 44.5 Å². The van der Waals surface area contributed by atoms with Crippen LogP contribution in [0.2, 0.25) is 0 Å². The van der Waals surface area contributed by atoms with Gasteiger partial charge in [-0.3, -0.25) is 10.4 Å². The van der Waals surface area contributed by atoms with Crippen molar-refractivity contribution < 1.29 is 4.39 Å². The topological polar surface area (TPSA) is 55.1 Å². The van der Waals surface area contributed by atoms with Crippen LogP contribution in [0.5, 0.6) is 0 Å². The number of thiazole rings is 1. The molecule has 0 aliphatic heterocycles. The quantitative estimate of drug-likeness (QED) is 0.209. The number of rotatable bonds is 6. The number of nitrogens with one attached hydrogen (secondary N) is 1. The summed E-state index contributed by atoms with van der Waals surface area (Å²) < 4.78 is 15.6. The number of pyridine rings is 1. The summed E-state index contributed by atoms with van der Waals surface area (Å²) in [6, 6.07) is 27.0. The number of halogens is 1. The van der Waals surface area contributed by atoms with Gasteiger partial charge in [0.15, 0.2) is 0 Å². The maximum atomic E-state index is 13.4. The highest BCUT2D eigenvalue weighted by molar-refractivity contribution is 7.14. The van der Waals surface area contributed by atoms with E-state index in [9.17, 15) is 4.39 Å². The number of fused-ring (bicyclic) bond motifs is 3. The van der Waals surface area contributed by atoms with E-state index in [-0.39, 0.29) is 5.82 Å². The van der Waals surface area contributed by atoms with Gasteiger partial charge < -0.3 is 4.57 Å². The maximum Gasteiger partial charge on any atom is 0.203 e. The van der Waals surface area contributed by atoms with Crippen molar-refractivity contribution in [3.8, 4) is 11.3 Å². The van der Waals surface area contributed by atoms with Crippen LogP contribution in [0.25, 0.3) is 33.1 Å². The fourth-order valence-electron chi connectivity index (χ4n) is 4.20. The van der Waals surface area contributed by atoms with Crippen LogP contribution in [0.15, 0.2) is 102 Å². The van der Waals surface area contributed by atoms with Crippen LogP contribution < -0.4 is 5.43 Å². The first-order valence-corrected chi connectivity index (χ1v) is 12.0. The Bertz CT molecular complexity index is 1650. The molecule has 3 aromatic carbocycles. The summed E-state index contributed by atoms with van der Waals surface area (Å²) in [5.74, 6) is -0.232. The fraction of sp³-hybridized carbons (Fsp3) is 0.0357. The standard InChI is InChI=1S/C28H20FN5S/c29-21-12-10-19(11-13-21)17-34-26-9-5-4-8-23(26)24-14-22(30-16-27(24)34)15-31-33-28-32-25(18-35-28)20-6-2-1-3-7-20/h1-16,18H,17H2,(H,32,33)/b31-15+. The molecule has 5 nitrogen and oxygen atoms in total. The molecule has 0 aliphatic rings. The molecule has 0 atom stereocenters. The summed E-state index contributed by atoms with van der Waals surface area (Å²) in [4.78, 5) is 9.21. The Labute approximate surface area is 205 Å². The third-order valence-corrected chi connectivity index (χ3v) is 6.61. The molecule has 1 N–H and O–H groups in total. The van der Waals surface area contributed by atoms with Crippen molar-refractivity contribution in [2.24, 2.45) is 5.10 Å². The third-order valence-electron chi connectivity index (χ3n) is 5.86. The van der Waals surface area contributed by atoms with E-state index < -0.39 is 0 Å². The summed E-state index contributed by atoms with van der Waals surface area (Å²) in [6.07, 6.45) is 3.58. The van der Waals surface area contributed by atoms with Crippen LogP contribution in [0.3, 0.4) is 0 Å². The summed E-state index contributed by atoms with van der Waals surface area (Å²) in [6.45, 7) is 0.634. The minimum absolute atomic E-state index is 0.232. The van der Waals surface area contributed by atoms with Gasteiger partial charge in [0.2, 0.25) is 5.13 Å². The van der Waals surface area contributed by atoms with Gasteiger partial charge in [-0.1, -0.05) is 60.7 Å². The van der Waals surface area contributed by atoms with Crippen molar-refractivity contribution in [1.29, 1.82) is 0 Å². The zero-order chi connectivity index (χ0) is 23.6. The summed E-state index contributed by atoms with van der Waals surface area (Å²) in [7, 11) is 0. The number of hydrogen-bond donors (Lipinski definition) is 1. The van der Waals surface area contributed by atoms with E-state index in [1.165, 1.54) is 23.5 Å². The smallest absolute Gasteiger partial charge is 0.203 e. The lowest BCUT2D eigenvalue weighted by atomic mass is 10.2. The second kappa shape index (κ2) is 9.12. The van der Waals surface area contributed by atoms with Crippen LogP contribution in [-0.4, -0.2) is 20.7 Å². The molecule has 0 saturated heterocycles. The molecule has 0 saturated carbocycles. The van der Waals surface area contributed by atoms with Crippen LogP contribution in [0, 0.1) is 5.82 Å². The second-order valence-corrected chi connectivity index (χ2v) is 8.99. The number of benzene rings is 3. The Morgan fingerprint density at radius 2 is 1.71 bits per heavy atom. The number of anilines is 1. The first-order chi connectivity index (χ1) is 17.2. The molecular weight excluding hydrogens is 457 g/mol. The molecule has 6 rings (SSSR count). The van der Waals surface area contributed by atoms with Crippen molar-refractivity contribution in [1.82, 2.24) is 14.5 Å². The largest absolute Gasteiger partial charge is 0.335 e. The van der Waals surface area contributed by atoms with Crippen molar-refractivity contribution in [3.05, 3.63) is 114 Å². The Morgan fingerprint density at radius 1 is 0.914 bits per heavy atom. The van der Waals surface area contributed by atoms with E-state index in [0.29, 0.717) is 6.54 Å². The van der Waals surface area contributed by atoms with Crippen molar-refractivity contribution in [2.75, 3.05) is 5.43 Å². The number of aromatic nitrogens is 3. The van der Waals surface area contributed by atoms with E-state index in [2.05, 4.69) is 37.2 Å². The van der Waals surface area contributed by atoms with Crippen molar-refractivity contribution in [2.45, 2.75) is 6.54 Å². The second-order valence-electron chi connectivity index (χ2n) is 8.13. The van der Waals surface area contributed by atoms with Crippen LogP contribution >= 0.6 is 11.3 Å². The molecule has 0 unspecified atom stereocenters. The molecular formula is C28H20FN5S. The molecule has 170 valence electrons. The zero-order valence-corrected chi connectivity index (χ0v) is 19.4. The van der Waals surface area contributed by atoms with Gasteiger partial charge in [-0.15, -0.1) is 11.3 Å². The predicted octanol–water partition coefficient (Wildman–Crippen LogP) is 6.95. The molecule has 3 heterocycles. The summed E-state index contributed by atoms with van der Waals surface area (Å²) in [5, 5.41) is 9.32. The molecule has 0 amide bonds. The Balaban J connectivity index is 1.28. The Morgan fingerprint density at radius 3 is 2.57 bits per heavy atom. The van der Waals surface area contributed by atoms with Crippen LogP contribution in [0.4, 0.5) is 9.52 Å². The zero-order valence-electron chi connectivity index (χ0n) is 18.6. The van der Waals surface area contributed by atoms with E-state index in [1.54, 1.807) is 6.21 Å². The van der Waals surface area contributed by atoms with Gasteiger partial charge in [-0.25, -0.2) is 9.37 Å². The van der Waals surface area contributed by atoms with Gasteiger partial charge >= 0.3 is 0 Å². The maximum absolute atomic E-state index is 13.4. The number of hydrogen-bond acceptors (Lipinski definition) is 5. The minimum atomic E-state index is -0.232. The highest BCUT2D eigenvalue weighted by atomic mass is 32.1. The van der Waals surface area contributed by atoms with Gasteiger partial charge in [0, 0.05) is 33.8 Å².